The Kier molecular flexibility index (Phi) is 1.74. The lowest BCUT2D eigenvalue weighted by Crippen LogP contribution is -2.68. The van der Waals surface area contributed by atoms with Gasteiger partial charge in [-0.1, -0.05) is 19.6 Å². The van der Waals surface area contributed by atoms with Crippen LogP contribution in [0, 0.1) is 5.41 Å². The molecule has 1 heterocycles. The Hall–Kier alpha value is -0.313. The number of rotatable bonds is 2. The molecule has 0 aromatic carbocycles. The zero-order chi connectivity index (χ0) is 11.8. The molecule has 90 valence electrons. The average Bonchev–Trinajstić information content (AvgIpc) is 2.20. The summed E-state index contributed by atoms with van der Waals surface area (Å²) in [6, 6.07) is 0. The summed E-state index contributed by atoms with van der Waals surface area (Å²) in [6.45, 7) is 12.6. The minimum Gasteiger partial charge on any atom is -0.478 e. The Morgan fingerprint density at radius 3 is 2.06 bits per heavy atom. The summed E-state index contributed by atoms with van der Waals surface area (Å²) < 4.78 is 5.84. The maximum atomic E-state index is 5.84. The lowest BCUT2D eigenvalue weighted by atomic mass is 9.43. The Labute approximate surface area is 99.5 Å². The molecule has 0 saturated heterocycles. The van der Waals surface area contributed by atoms with E-state index in [1.54, 1.807) is 0 Å². The van der Waals surface area contributed by atoms with Crippen molar-refractivity contribution in [3.8, 4) is 0 Å². The standard InChI is InChI=1S/C13H23NOSi/c1-11(2)9-15-10(14-11)12-6-13(7-12,8-12)16(3,4)5/h6-9H2,1-5H3. The highest BCUT2D eigenvalue weighted by molar-refractivity contribution is 6.80. The molecule has 1 aliphatic heterocycles. The minimum atomic E-state index is -0.976. The van der Waals surface area contributed by atoms with Crippen LogP contribution in [0.3, 0.4) is 0 Å². The lowest BCUT2D eigenvalue weighted by Gasteiger charge is -2.74. The first-order chi connectivity index (χ1) is 7.18. The molecule has 2 bridgehead atoms. The van der Waals surface area contributed by atoms with Crippen LogP contribution in [0.1, 0.15) is 33.1 Å². The van der Waals surface area contributed by atoms with Gasteiger partial charge in [0, 0.05) is 5.41 Å². The van der Waals surface area contributed by atoms with Crippen molar-refractivity contribution < 1.29 is 4.74 Å². The zero-order valence-corrected chi connectivity index (χ0v) is 12.2. The van der Waals surface area contributed by atoms with Gasteiger partial charge in [-0.3, -0.25) is 0 Å². The highest BCUT2D eigenvalue weighted by Gasteiger charge is 2.75. The molecule has 3 heteroatoms. The van der Waals surface area contributed by atoms with Gasteiger partial charge in [-0.05, 0) is 38.1 Å². The molecule has 0 unspecified atom stereocenters. The summed E-state index contributed by atoms with van der Waals surface area (Å²) in [5.41, 5.74) is 0.408. The van der Waals surface area contributed by atoms with E-state index in [4.69, 9.17) is 9.73 Å². The Balaban J connectivity index is 1.76. The zero-order valence-electron chi connectivity index (χ0n) is 11.2. The smallest absolute Gasteiger partial charge is 0.190 e. The lowest BCUT2D eigenvalue weighted by molar-refractivity contribution is -0.0465. The Bertz CT molecular complexity index is 358. The highest BCUT2D eigenvalue weighted by Crippen LogP contribution is 2.82. The van der Waals surface area contributed by atoms with Gasteiger partial charge < -0.3 is 4.74 Å². The summed E-state index contributed by atoms with van der Waals surface area (Å²) in [5.74, 6) is 1.10. The molecule has 16 heavy (non-hydrogen) atoms. The maximum absolute atomic E-state index is 5.84. The van der Waals surface area contributed by atoms with Crippen LogP contribution in [0.15, 0.2) is 4.99 Å². The predicted molar refractivity (Wildman–Crippen MR) is 69.8 cm³/mol. The molecule has 0 atom stereocenters. The van der Waals surface area contributed by atoms with Gasteiger partial charge in [0.25, 0.3) is 0 Å². The van der Waals surface area contributed by atoms with Crippen molar-refractivity contribution in [1.82, 2.24) is 0 Å². The SMILES string of the molecule is CC1(C)COC(C23CC([Si](C)(C)C)(C2)C3)=N1. The summed E-state index contributed by atoms with van der Waals surface area (Å²) in [5, 5.41) is 0.728. The van der Waals surface area contributed by atoms with Crippen LogP contribution in [0.4, 0.5) is 0 Å². The summed E-state index contributed by atoms with van der Waals surface area (Å²) in [4.78, 5) is 4.78. The third-order valence-electron chi connectivity index (χ3n) is 5.04. The average molecular weight is 237 g/mol. The highest BCUT2D eigenvalue weighted by atomic mass is 28.3. The second-order valence-corrected chi connectivity index (χ2v) is 13.4. The monoisotopic (exact) mass is 237 g/mol. The minimum absolute atomic E-state index is 0.0249. The van der Waals surface area contributed by atoms with Gasteiger partial charge in [0.15, 0.2) is 5.90 Å². The fourth-order valence-electron chi connectivity index (χ4n) is 3.67. The van der Waals surface area contributed by atoms with E-state index in [0.29, 0.717) is 5.41 Å². The molecule has 3 saturated carbocycles. The van der Waals surface area contributed by atoms with E-state index in [1.807, 2.05) is 0 Å². The number of nitrogens with zero attached hydrogens (tertiary/aromatic N) is 1. The van der Waals surface area contributed by atoms with Crippen LogP contribution in [-0.2, 0) is 4.74 Å². The molecule has 3 aliphatic carbocycles. The molecule has 0 N–H and O–H groups in total. The van der Waals surface area contributed by atoms with Crippen molar-refractivity contribution in [3.63, 3.8) is 0 Å². The van der Waals surface area contributed by atoms with Crippen LogP contribution in [0.5, 0.6) is 0 Å². The first-order valence-electron chi connectivity index (χ1n) is 6.41. The molecule has 0 spiro atoms. The van der Waals surface area contributed by atoms with Gasteiger partial charge >= 0.3 is 0 Å². The third-order valence-corrected chi connectivity index (χ3v) is 8.75. The first-order valence-corrected chi connectivity index (χ1v) is 9.91. The molecule has 0 aromatic heterocycles. The molecular formula is C13H23NOSi. The van der Waals surface area contributed by atoms with Gasteiger partial charge in [-0.25, -0.2) is 4.99 Å². The van der Waals surface area contributed by atoms with E-state index in [-0.39, 0.29) is 5.54 Å². The Morgan fingerprint density at radius 1 is 1.12 bits per heavy atom. The third kappa shape index (κ3) is 1.15. The van der Waals surface area contributed by atoms with Gasteiger partial charge in [0.05, 0.1) is 13.6 Å². The van der Waals surface area contributed by atoms with Gasteiger partial charge in [0.2, 0.25) is 0 Å². The van der Waals surface area contributed by atoms with Crippen LogP contribution in [0.25, 0.3) is 0 Å². The maximum Gasteiger partial charge on any atom is 0.190 e. The molecule has 2 nitrogen and oxygen atoms in total. The number of ether oxygens (including phenoxy) is 1. The molecule has 4 aliphatic rings. The van der Waals surface area contributed by atoms with E-state index in [2.05, 4.69) is 33.5 Å². The van der Waals surface area contributed by atoms with Crippen molar-refractivity contribution in [1.29, 1.82) is 0 Å². The van der Waals surface area contributed by atoms with E-state index in [0.717, 1.165) is 17.5 Å². The largest absolute Gasteiger partial charge is 0.478 e. The van der Waals surface area contributed by atoms with E-state index < -0.39 is 8.07 Å². The van der Waals surface area contributed by atoms with Gasteiger partial charge in [-0.15, -0.1) is 0 Å². The molecule has 3 fully saturated rings. The number of hydrogen-bond donors (Lipinski definition) is 0. The van der Waals surface area contributed by atoms with Gasteiger partial charge in [-0.2, -0.15) is 0 Å². The summed E-state index contributed by atoms with van der Waals surface area (Å²) >= 11 is 0. The fourth-order valence-corrected chi connectivity index (χ4v) is 6.27. The number of aliphatic imine (C=N–C) groups is 1. The fraction of sp³-hybridized carbons (Fsp3) is 0.923. The van der Waals surface area contributed by atoms with E-state index >= 15 is 0 Å². The molecule has 0 amide bonds. The van der Waals surface area contributed by atoms with Crippen LogP contribution < -0.4 is 0 Å². The second-order valence-electron chi connectivity index (χ2n) is 7.86. The van der Waals surface area contributed by atoms with Crippen molar-refractivity contribution in [2.45, 2.75) is 63.3 Å². The molecular weight excluding hydrogens is 214 g/mol. The van der Waals surface area contributed by atoms with Crippen molar-refractivity contribution in [3.05, 3.63) is 0 Å². The number of hydrogen-bond acceptors (Lipinski definition) is 2. The van der Waals surface area contributed by atoms with Crippen LogP contribution in [0.2, 0.25) is 24.7 Å². The van der Waals surface area contributed by atoms with Crippen molar-refractivity contribution in [2.75, 3.05) is 6.61 Å². The normalized spacial score (nSPS) is 44.2. The predicted octanol–water partition coefficient (Wildman–Crippen LogP) is 3.46. The van der Waals surface area contributed by atoms with E-state index in [9.17, 15) is 0 Å². The topological polar surface area (TPSA) is 21.6 Å². The second kappa shape index (κ2) is 2.58. The van der Waals surface area contributed by atoms with Gasteiger partial charge in [0.1, 0.15) is 6.61 Å². The molecule has 4 rings (SSSR count). The Morgan fingerprint density at radius 2 is 1.69 bits per heavy atom. The molecule has 0 radical (unpaired) electrons. The summed E-state index contributed by atoms with van der Waals surface area (Å²) in [7, 11) is -0.976. The van der Waals surface area contributed by atoms with Crippen molar-refractivity contribution >= 4 is 14.0 Å². The first kappa shape index (κ1) is 10.8. The summed E-state index contributed by atoms with van der Waals surface area (Å²) in [6.07, 6.45) is 4.10. The quantitative estimate of drug-likeness (QED) is 0.674. The van der Waals surface area contributed by atoms with Crippen LogP contribution >= 0.6 is 0 Å². The van der Waals surface area contributed by atoms with E-state index in [1.165, 1.54) is 19.3 Å². The molecule has 0 aromatic rings. The van der Waals surface area contributed by atoms with Crippen LogP contribution in [-0.4, -0.2) is 26.1 Å². The van der Waals surface area contributed by atoms with Crippen molar-refractivity contribution in [2.24, 2.45) is 10.4 Å².